The Bertz CT molecular complexity index is 405. The summed E-state index contributed by atoms with van der Waals surface area (Å²) >= 11 is 0. The molecule has 1 atom stereocenters. The van der Waals surface area contributed by atoms with Crippen molar-refractivity contribution in [2.45, 2.75) is 31.9 Å². The molecule has 0 aliphatic rings. The summed E-state index contributed by atoms with van der Waals surface area (Å²) in [5.41, 5.74) is 5.38. The fourth-order valence-electron chi connectivity index (χ4n) is 1.46. The van der Waals surface area contributed by atoms with Crippen LogP contribution in [-0.4, -0.2) is 19.1 Å². The van der Waals surface area contributed by atoms with Crippen molar-refractivity contribution >= 4 is 0 Å². The largest absolute Gasteiger partial charge is 0.573 e. The van der Waals surface area contributed by atoms with Gasteiger partial charge in [0.2, 0.25) is 0 Å². The van der Waals surface area contributed by atoms with Gasteiger partial charge in [0, 0.05) is 12.7 Å². The third-order valence-electron chi connectivity index (χ3n) is 2.75. The third kappa shape index (κ3) is 3.61. The first-order chi connectivity index (χ1) is 8.17. The van der Waals surface area contributed by atoms with Gasteiger partial charge in [0.1, 0.15) is 5.75 Å². The molecule has 1 rings (SSSR count). The highest BCUT2D eigenvalue weighted by molar-refractivity contribution is 5.37. The first-order valence-electron chi connectivity index (χ1n) is 5.33. The lowest BCUT2D eigenvalue weighted by Gasteiger charge is -2.31. The van der Waals surface area contributed by atoms with Gasteiger partial charge in [-0.2, -0.15) is 0 Å². The number of hydrogen-bond donors (Lipinski definition) is 1. The third-order valence-corrected chi connectivity index (χ3v) is 2.75. The van der Waals surface area contributed by atoms with Crippen molar-refractivity contribution < 1.29 is 22.6 Å². The Morgan fingerprint density at radius 1 is 1.17 bits per heavy atom. The maximum Gasteiger partial charge on any atom is 0.573 e. The minimum Gasteiger partial charge on any atom is -0.405 e. The molecule has 1 aromatic carbocycles. The summed E-state index contributed by atoms with van der Waals surface area (Å²) in [6.07, 6.45) is -4.74. The fourth-order valence-corrected chi connectivity index (χ4v) is 1.46. The Labute approximate surface area is 104 Å². The van der Waals surface area contributed by atoms with E-state index in [1.807, 2.05) is 0 Å². The van der Waals surface area contributed by atoms with Gasteiger partial charge in [-0.1, -0.05) is 18.2 Å². The molecule has 0 aliphatic heterocycles. The van der Waals surface area contributed by atoms with Crippen molar-refractivity contribution in [3.8, 4) is 5.75 Å². The summed E-state index contributed by atoms with van der Waals surface area (Å²) < 4.78 is 45.9. The molecular formula is C12H16F3NO2. The predicted molar refractivity (Wildman–Crippen MR) is 61.1 cm³/mol. The fraction of sp³-hybridized carbons (Fsp3) is 0.500. The van der Waals surface area contributed by atoms with Crippen LogP contribution in [0.4, 0.5) is 13.2 Å². The average molecular weight is 263 g/mol. The molecule has 3 nitrogen and oxygen atoms in total. The topological polar surface area (TPSA) is 44.5 Å². The van der Waals surface area contributed by atoms with E-state index in [9.17, 15) is 13.2 Å². The zero-order valence-corrected chi connectivity index (χ0v) is 10.4. The van der Waals surface area contributed by atoms with Crippen molar-refractivity contribution in [2.24, 2.45) is 5.73 Å². The van der Waals surface area contributed by atoms with Crippen LogP contribution in [-0.2, 0) is 4.74 Å². The lowest BCUT2D eigenvalue weighted by molar-refractivity contribution is -0.275. The van der Waals surface area contributed by atoms with Crippen molar-refractivity contribution in [2.75, 3.05) is 7.11 Å². The Kier molecular flexibility index (Phi) is 4.24. The standard InChI is InChI=1S/C12H16F3NO2/c1-11(2,17-3)10(16)8-6-4-5-7-9(8)18-12(13,14)15/h4-7,10H,16H2,1-3H3. The molecule has 1 aromatic rings. The second-order valence-electron chi connectivity index (χ2n) is 4.37. The maximum atomic E-state index is 12.3. The second kappa shape index (κ2) is 5.16. The number of methoxy groups -OCH3 is 1. The van der Waals surface area contributed by atoms with Gasteiger partial charge in [0.15, 0.2) is 0 Å². The van der Waals surface area contributed by atoms with E-state index in [0.29, 0.717) is 0 Å². The molecule has 0 fully saturated rings. The van der Waals surface area contributed by atoms with Gasteiger partial charge in [-0.25, -0.2) is 0 Å². The summed E-state index contributed by atoms with van der Waals surface area (Å²) in [4.78, 5) is 0. The highest BCUT2D eigenvalue weighted by Crippen LogP contribution is 2.34. The van der Waals surface area contributed by atoms with Crippen molar-refractivity contribution in [1.82, 2.24) is 0 Å². The SMILES string of the molecule is COC(C)(C)C(N)c1ccccc1OC(F)(F)F. The molecule has 1 unspecified atom stereocenters. The number of hydrogen-bond acceptors (Lipinski definition) is 3. The second-order valence-corrected chi connectivity index (χ2v) is 4.37. The predicted octanol–water partition coefficient (Wildman–Crippen LogP) is 3.01. The zero-order valence-electron chi connectivity index (χ0n) is 10.4. The van der Waals surface area contributed by atoms with Crippen LogP contribution < -0.4 is 10.5 Å². The van der Waals surface area contributed by atoms with Gasteiger partial charge >= 0.3 is 6.36 Å². The summed E-state index contributed by atoms with van der Waals surface area (Å²) in [6.45, 7) is 3.39. The molecule has 0 amide bonds. The van der Waals surface area contributed by atoms with Gasteiger partial charge in [-0.05, 0) is 19.9 Å². The number of rotatable bonds is 4. The minimum absolute atomic E-state index is 0.252. The molecule has 18 heavy (non-hydrogen) atoms. The molecule has 0 spiro atoms. The molecule has 0 radical (unpaired) electrons. The van der Waals surface area contributed by atoms with Crippen LogP contribution in [0.15, 0.2) is 24.3 Å². The van der Waals surface area contributed by atoms with E-state index in [4.69, 9.17) is 10.5 Å². The Balaban J connectivity index is 3.09. The van der Waals surface area contributed by atoms with E-state index in [2.05, 4.69) is 4.74 Å². The lowest BCUT2D eigenvalue weighted by atomic mass is 9.92. The van der Waals surface area contributed by atoms with Gasteiger partial charge in [0.05, 0.1) is 11.6 Å². The first-order valence-corrected chi connectivity index (χ1v) is 5.33. The van der Waals surface area contributed by atoms with Crippen molar-refractivity contribution in [3.05, 3.63) is 29.8 Å². The molecule has 0 saturated heterocycles. The molecule has 2 N–H and O–H groups in total. The van der Waals surface area contributed by atoms with E-state index in [-0.39, 0.29) is 11.3 Å². The first kappa shape index (κ1) is 14.8. The Morgan fingerprint density at radius 3 is 2.22 bits per heavy atom. The van der Waals surface area contributed by atoms with Crippen LogP contribution >= 0.6 is 0 Å². The smallest absolute Gasteiger partial charge is 0.405 e. The van der Waals surface area contributed by atoms with E-state index in [0.717, 1.165) is 0 Å². The van der Waals surface area contributed by atoms with Crippen LogP contribution in [0.2, 0.25) is 0 Å². The number of alkyl halides is 3. The molecule has 0 aromatic heterocycles. The summed E-state index contributed by atoms with van der Waals surface area (Å²) in [5, 5.41) is 0. The lowest BCUT2D eigenvalue weighted by Crippen LogP contribution is -2.37. The number of nitrogens with two attached hydrogens (primary N) is 1. The van der Waals surface area contributed by atoms with Crippen molar-refractivity contribution in [3.63, 3.8) is 0 Å². The molecule has 0 heterocycles. The van der Waals surface area contributed by atoms with Gasteiger partial charge in [-0.3, -0.25) is 0 Å². The number of halogens is 3. The number of ether oxygens (including phenoxy) is 2. The summed E-state index contributed by atoms with van der Waals surface area (Å²) in [7, 11) is 1.45. The molecular weight excluding hydrogens is 247 g/mol. The van der Waals surface area contributed by atoms with Crippen molar-refractivity contribution in [1.29, 1.82) is 0 Å². The summed E-state index contributed by atoms with van der Waals surface area (Å²) in [5.74, 6) is -0.303. The molecule has 0 aliphatic carbocycles. The average Bonchev–Trinajstić information content (AvgIpc) is 2.26. The number of benzene rings is 1. The maximum absolute atomic E-state index is 12.3. The van der Waals surface area contributed by atoms with Crippen LogP contribution in [0, 0.1) is 0 Å². The van der Waals surface area contributed by atoms with E-state index in [1.165, 1.54) is 25.3 Å². The van der Waals surface area contributed by atoms with Gasteiger partial charge in [-0.15, -0.1) is 13.2 Å². The van der Waals surface area contributed by atoms with Gasteiger partial charge in [0.25, 0.3) is 0 Å². The Morgan fingerprint density at radius 2 is 1.72 bits per heavy atom. The highest BCUT2D eigenvalue weighted by Gasteiger charge is 2.35. The molecule has 102 valence electrons. The normalized spacial score (nSPS) is 14.4. The van der Waals surface area contributed by atoms with E-state index in [1.54, 1.807) is 19.9 Å². The van der Waals surface area contributed by atoms with Crippen LogP contribution in [0.1, 0.15) is 25.5 Å². The van der Waals surface area contributed by atoms with Gasteiger partial charge < -0.3 is 15.2 Å². The van der Waals surface area contributed by atoms with E-state index < -0.39 is 18.0 Å². The quantitative estimate of drug-likeness (QED) is 0.908. The minimum atomic E-state index is -4.74. The molecule has 0 saturated carbocycles. The zero-order chi connectivity index (χ0) is 14.0. The van der Waals surface area contributed by atoms with Crippen LogP contribution in [0.3, 0.4) is 0 Å². The number of para-hydroxylation sites is 1. The van der Waals surface area contributed by atoms with E-state index >= 15 is 0 Å². The van der Waals surface area contributed by atoms with Crippen LogP contribution in [0.5, 0.6) is 5.75 Å². The molecule has 0 bridgehead atoms. The summed E-state index contributed by atoms with van der Waals surface area (Å²) in [6, 6.07) is 5.04. The Hall–Kier alpha value is -1.27. The van der Waals surface area contributed by atoms with Crippen LogP contribution in [0.25, 0.3) is 0 Å². The monoisotopic (exact) mass is 263 g/mol. The highest BCUT2D eigenvalue weighted by atomic mass is 19.4. The molecule has 6 heteroatoms.